The van der Waals surface area contributed by atoms with E-state index in [9.17, 15) is 0 Å². The number of aromatic nitrogens is 3. The fourth-order valence-electron chi connectivity index (χ4n) is 3.02. The Morgan fingerprint density at radius 2 is 1.95 bits per heavy atom. The molecule has 1 heterocycles. The number of rotatable bonds is 2. The van der Waals surface area contributed by atoms with E-state index in [1.807, 2.05) is 25.1 Å². The van der Waals surface area contributed by atoms with Gasteiger partial charge in [0.25, 0.3) is 0 Å². The molecule has 0 spiro atoms. The Morgan fingerprint density at radius 3 is 2.68 bits per heavy atom. The van der Waals surface area contributed by atoms with Gasteiger partial charge in [0.05, 0.1) is 0 Å². The van der Waals surface area contributed by atoms with Gasteiger partial charge in [-0.3, -0.25) is 0 Å². The monoisotopic (exact) mass is 256 g/mol. The molecule has 0 atom stereocenters. The molecular weight excluding hydrogens is 236 g/mol. The van der Waals surface area contributed by atoms with E-state index < -0.39 is 0 Å². The maximum absolute atomic E-state index is 5.87. The van der Waals surface area contributed by atoms with Crippen molar-refractivity contribution in [1.29, 1.82) is 0 Å². The van der Waals surface area contributed by atoms with Crippen molar-refractivity contribution in [3.8, 4) is 11.4 Å². The number of hydrogen-bond donors (Lipinski definition) is 1. The molecule has 1 aliphatic rings. The summed E-state index contributed by atoms with van der Waals surface area (Å²) >= 11 is 0. The van der Waals surface area contributed by atoms with Crippen molar-refractivity contribution in [1.82, 2.24) is 14.8 Å². The van der Waals surface area contributed by atoms with Crippen LogP contribution in [0.15, 0.2) is 24.3 Å². The third-order valence-corrected chi connectivity index (χ3v) is 3.95. The highest BCUT2D eigenvalue weighted by atomic mass is 15.3. The van der Waals surface area contributed by atoms with E-state index in [0.29, 0.717) is 6.04 Å². The Labute approximate surface area is 113 Å². The first-order valence-electron chi connectivity index (χ1n) is 7.03. The van der Waals surface area contributed by atoms with Gasteiger partial charge in [0.15, 0.2) is 5.82 Å². The van der Waals surface area contributed by atoms with Crippen molar-refractivity contribution in [2.75, 3.05) is 5.73 Å². The lowest BCUT2D eigenvalue weighted by Gasteiger charge is -2.25. The summed E-state index contributed by atoms with van der Waals surface area (Å²) in [6, 6.07) is 8.44. The molecule has 3 rings (SSSR count). The van der Waals surface area contributed by atoms with Crippen molar-refractivity contribution in [2.24, 2.45) is 0 Å². The van der Waals surface area contributed by atoms with Crippen LogP contribution in [0, 0.1) is 6.92 Å². The van der Waals surface area contributed by atoms with Gasteiger partial charge in [-0.1, -0.05) is 31.4 Å². The molecule has 1 saturated carbocycles. The van der Waals surface area contributed by atoms with Gasteiger partial charge in [-0.05, 0) is 31.9 Å². The molecule has 2 aromatic rings. The van der Waals surface area contributed by atoms with Crippen LogP contribution in [0.3, 0.4) is 0 Å². The van der Waals surface area contributed by atoms with Crippen LogP contribution >= 0.6 is 0 Å². The molecule has 0 radical (unpaired) electrons. The Morgan fingerprint density at radius 1 is 1.16 bits per heavy atom. The number of benzene rings is 1. The van der Waals surface area contributed by atoms with Crippen molar-refractivity contribution >= 4 is 5.69 Å². The molecule has 0 bridgehead atoms. The molecule has 4 nitrogen and oxygen atoms in total. The fourth-order valence-corrected chi connectivity index (χ4v) is 3.02. The molecule has 4 heteroatoms. The highest BCUT2D eigenvalue weighted by molar-refractivity contribution is 5.61. The minimum absolute atomic E-state index is 0.542. The van der Waals surface area contributed by atoms with Gasteiger partial charge in [0.2, 0.25) is 0 Å². The summed E-state index contributed by atoms with van der Waals surface area (Å²) in [4.78, 5) is 0. The normalized spacial score (nSPS) is 16.7. The number of anilines is 1. The second kappa shape index (κ2) is 5.03. The first-order chi connectivity index (χ1) is 9.25. The lowest BCUT2D eigenvalue weighted by Crippen LogP contribution is -2.15. The van der Waals surface area contributed by atoms with Crippen molar-refractivity contribution in [3.63, 3.8) is 0 Å². The van der Waals surface area contributed by atoms with Gasteiger partial charge in [-0.2, -0.15) is 0 Å². The second-order valence-electron chi connectivity index (χ2n) is 5.36. The van der Waals surface area contributed by atoms with E-state index >= 15 is 0 Å². The maximum atomic E-state index is 5.87. The number of nitrogens with two attached hydrogens (primary N) is 1. The topological polar surface area (TPSA) is 56.7 Å². The van der Waals surface area contributed by atoms with Crippen LogP contribution in [-0.4, -0.2) is 14.8 Å². The predicted molar refractivity (Wildman–Crippen MR) is 76.7 cm³/mol. The summed E-state index contributed by atoms with van der Waals surface area (Å²) in [7, 11) is 0. The average molecular weight is 256 g/mol. The van der Waals surface area contributed by atoms with E-state index in [1.54, 1.807) is 0 Å². The van der Waals surface area contributed by atoms with E-state index in [-0.39, 0.29) is 0 Å². The smallest absolute Gasteiger partial charge is 0.164 e. The number of aryl methyl sites for hydroxylation is 1. The lowest BCUT2D eigenvalue weighted by atomic mass is 9.95. The van der Waals surface area contributed by atoms with E-state index in [1.165, 1.54) is 32.1 Å². The van der Waals surface area contributed by atoms with Crippen LogP contribution in [0.4, 0.5) is 5.69 Å². The zero-order valence-electron chi connectivity index (χ0n) is 11.3. The third kappa shape index (κ3) is 2.35. The fraction of sp³-hybridized carbons (Fsp3) is 0.467. The van der Waals surface area contributed by atoms with Gasteiger partial charge < -0.3 is 10.3 Å². The summed E-state index contributed by atoms with van der Waals surface area (Å²) in [6.45, 7) is 2.04. The van der Waals surface area contributed by atoms with Gasteiger partial charge in [0, 0.05) is 17.3 Å². The molecule has 1 aromatic carbocycles. The Balaban J connectivity index is 2.02. The first-order valence-corrected chi connectivity index (χ1v) is 7.03. The summed E-state index contributed by atoms with van der Waals surface area (Å²) in [5.41, 5.74) is 7.71. The van der Waals surface area contributed by atoms with E-state index in [2.05, 4.69) is 20.8 Å². The minimum Gasteiger partial charge on any atom is -0.399 e. The second-order valence-corrected chi connectivity index (χ2v) is 5.36. The van der Waals surface area contributed by atoms with Gasteiger partial charge in [-0.15, -0.1) is 10.2 Å². The van der Waals surface area contributed by atoms with E-state index in [4.69, 9.17) is 5.73 Å². The zero-order valence-corrected chi connectivity index (χ0v) is 11.3. The largest absolute Gasteiger partial charge is 0.399 e. The van der Waals surface area contributed by atoms with Crippen LogP contribution in [0.5, 0.6) is 0 Å². The molecule has 0 amide bonds. The van der Waals surface area contributed by atoms with Gasteiger partial charge in [-0.25, -0.2) is 0 Å². The first kappa shape index (κ1) is 12.2. The maximum Gasteiger partial charge on any atom is 0.164 e. The van der Waals surface area contributed by atoms with E-state index in [0.717, 1.165) is 22.9 Å². The standard InChI is InChI=1S/C15H20N4/c1-11-17-18-15(12-6-5-7-13(16)10-12)19(11)14-8-3-2-4-9-14/h5-7,10,14H,2-4,8-9,16H2,1H3. The third-order valence-electron chi connectivity index (χ3n) is 3.95. The number of nitrogens with zero attached hydrogens (tertiary/aromatic N) is 3. The van der Waals surface area contributed by atoms with Crippen LogP contribution in [0.1, 0.15) is 44.0 Å². The minimum atomic E-state index is 0.542. The molecule has 0 aliphatic heterocycles. The highest BCUT2D eigenvalue weighted by Gasteiger charge is 2.21. The summed E-state index contributed by atoms with van der Waals surface area (Å²) in [5, 5.41) is 8.63. The molecule has 0 saturated heterocycles. The SMILES string of the molecule is Cc1nnc(-c2cccc(N)c2)n1C1CCCCC1. The van der Waals surface area contributed by atoms with Crippen LogP contribution < -0.4 is 5.73 Å². The molecule has 100 valence electrons. The summed E-state index contributed by atoms with van der Waals surface area (Å²) in [5.74, 6) is 1.96. The van der Waals surface area contributed by atoms with Gasteiger partial charge >= 0.3 is 0 Å². The van der Waals surface area contributed by atoms with Crippen molar-refractivity contribution < 1.29 is 0 Å². The highest BCUT2D eigenvalue weighted by Crippen LogP contribution is 2.32. The quantitative estimate of drug-likeness (QED) is 0.838. The molecule has 2 N–H and O–H groups in total. The van der Waals surface area contributed by atoms with Crippen LogP contribution in [0.2, 0.25) is 0 Å². The van der Waals surface area contributed by atoms with Crippen molar-refractivity contribution in [3.05, 3.63) is 30.1 Å². The summed E-state index contributed by atoms with van der Waals surface area (Å²) < 4.78 is 2.30. The lowest BCUT2D eigenvalue weighted by molar-refractivity contribution is 0.350. The van der Waals surface area contributed by atoms with Gasteiger partial charge in [0.1, 0.15) is 5.82 Å². The Hall–Kier alpha value is -1.84. The zero-order chi connectivity index (χ0) is 13.2. The summed E-state index contributed by atoms with van der Waals surface area (Å²) in [6.07, 6.45) is 6.42. The molecule has 1 aromatic heterocycles. The Kier molecular flexibility index (Phi) is 3.23. The van der Waals surface area contributed by atoms with Crippen LogP contribution in [-0.2, 0) is 0 Å². The molecular formula is C15H20N4. The molecule has 19 heavy (non-hydrogen) atoms. The number of hydrogen-bond acceptors (Lipinski definition) is 3. The predicted octanol–water partition coefficient (Wildman–Crippen LogP) is 3.34. The van der Waals surface area contributed by atoms with Crippen molar-refractivity contribution in [2.45, 2.75) is 45.1 Å². The Bertz CT molecular complexity index is 567. The molecule has 1 fully saturated rings. The molecule has 0 unspecified atom stereocenters. The number of nitrogen functional groups attached to an aromatic ring is 1. The average Bonchev–Trinajstić information content (AvgIpc) is 2.82. The van der Waals surface area contributed by atoms with Crippen LogP contribution in [0.25, 0.3) is 11.4 Å². The molecule has 1 aliphatic carbocycles.